The second-order valence-corrected chi connectivity index (χ2v) is 7.69. The van der Waals surface area contributed by atoms with Crippen molar-refractivity contribution in [1.82, 2.24) is 5.32 Å². The Morgan fingerprint density at radius 2 is 1.81 bits per heavy atom. The van der Waals surface area contributed by atoms with Crippen LogP contribution in [-0.2, 0) is 9.59 Å². The number of halogens is 1. The number of nitrogens with zero attached hydrogens (tertiary/aromatic N) is 1. The number of rotatable bonds is 5. The molecule has 0 bridgehead atoms. The maximum Gasteiger partial charge on any atom is 0.335 e. The molecule has 31 heavy (non-hydrogen) atoms. The number of aryl methyl sites for hydroxylation is 2. The van der Waals surface area contributed by atoms with Gasteiger partial charge in [0.15, 0.2) is 11.5 Å². The zero-order valence-electron chi connectivity index (χ0n) is 17.1. The Bertz CT molecular complexity index is 1140. The molecule has 0 aliphatic carbocycles. The van der Waals surface area contributed by atoms with Gasteiger partial charge < -0.3 is 9.47 Å². The van der Waals surface area contributed by atoms with Gasteiger partial charge in [0, 0.05) is 0 Å². The van der Waals surface area contributed by atoms with Crippen molar-refractivity contribution in [3.8, 4) is 23.8 Å². The van der Waals surface area contributed by atoms with Crippen molar-refractivity contribution in [2.75, 3.05) is 18.6 Å². The minimum Gasteiger partial charge on any atom is -0.493 e. The first kappa shape index (κ1) is 22.1. The molecule has 8 heteroatoms. The monoisotopic (exact) mass is 482 g/mol. The third kappa shape index (κ3) is 4.62. The van der Waals surface area contributed by atoms with Crippen molar-refractivity contribution < 1.29 is 23.9 Å². The van der Waals surface area contributed by atoms with E-state index in [0.717, 1.165) is 16.0 Å². The average molecular weight is 483 g/mol. The summed E-state index contributed by atoms with van der Waals surface area (Å²) < 4.78 is 11.3. The van der Waals surface area contributed by atoms with Crippen LogP contribution in [0.3, 0.4) is 0 Å². The minimum atomic E-state index is -0.797. The first-order chi connectivity index (χ1) is 14.7. The molecule has 0 aromatic heterocycles. The molecule has 7 nitrogen and oxygen atoms in total. The summed E-state index contributed by atoms with van der Waals surface area (Å²) in [7, 11) is 1.46. The fraction of sp³-hybridized carbons (Fsp3) is 0.174. The molecule has 0 atom stereocenters. The Hall–Kier alpha value is -3.57. The van der Waals surface area contributed by atoms with Crippen LogP contribution in [0.4, 0.5) is 10.5 Å². The van der Waals surface area contributed by atoms with E-state index in [2.05, 4.69) is 27.2 Å². The van der Waals surface area contributed by atoms with Gasteiger partial charge >= 0.3 is 6.03 Å². The van der Waals surface area contributed by atoms with Gasteiger partial charge in [0.1, 0.15) is 12.2 Å². The molecule has 0 saturated carbocycles. The number of amides is 4. The lowest BCUT2D eigenvalue weighted by Gasteiger charge is -2.27. The van der Waals surface area contributed by atoms with Crippen LogP contribution in [0.5, 0.6) is 11.5 Å². The number of nitrogens with one attached hydrogen (secondary N) is 1. The van der Waals surface area contributed by atoms with E-state index in [0.29, 0.717) is 27.2 Å². The smallest absolute Gasteiger partial charge is 0.335 e. The number of carbonyl (C=O) groups excluding carboxylic acids is 3. The summed E-state index contributed by atoms with van der Waals surface area (Å²) in [6, 6.07) is 7.78. The number of barbiturate groups is 1. The van der Waals surface area contributed by atoms with Gasteiger partial charge in [0.25, 0.3) is 11.8 Å². The van der Waals surface area contributed by atoms with Gasteiger partial charge in [-0.05, 0) is 76.8 Å². The predicted molar refractivity (Wildman–Crippen MR) is 120 cm³/mol. The van der Waals surface area contributed by atoms with Crippen LogP contribution in [-0.4, -0.2) is 31.6 Å². The van der Waals surface area contributed by atoms with Crippen molar-refractivity contribution in [3.63, 3.8) is 0 Å². The highest BCUT2D eigenvalue weighted by Gasteiger charge is 2.37. The second kappa shape index (κ2) is 9.06. The SMILES string of the molecule is C#CCOc1c(Br)cc(/C=C2/C(=O)NC(=O)N(c3cc(C)cc(C)c3)C2=O)cc1OC. The predicted octanol–water partition coefficient (Wildman–Crippen LogP) is 3.75. The van der Waals surface area contributed by atoms with Gasteiger partial charge in [0.2, 0.25) is 0 Å². The lowest BCUT2D eigenvalue weighted by Crippen LogP contribution is -2.54. The number of terminal acetylenes is 1. The molecule has 1 aliphatic rings. The fourth-order valence-corrected chi connectivity index (χ4v) is 3.79. The average Bonchev–Trinajstić information content (AvgIpc) is 2.69. The van der Waals surface area contributed by atoms with E-state index in [4.69, 9.17) is 15.9 Å². The Balaban J connectivity index is 2.04. The zero-order valence-corrected chi connectivity index (χ0v) is 18.7. The van der Waals surface area contributed by atoms with Gasteiger partial charge in [-0.3, -0.25) is 14.9 Å². The van der Waals surface area contributed by atoms with Crippen LogP contribution in [0.15, 0.2) is 40.4 Å². The number of hydrogen-bond donors (Lipinski definition) is 1. The van der Waals surface area contributed by atoms with Crippen LogP contribution in [0.25, 0.3) is 6.08 Å². The van der Waals surface area contributed by atoms with Crippen LogP contribution in [0, 0.1) is 26.2 Å². The molecule has 1 N–H and O–H groups in total. The highest BCUT2D eigenvalue weighted by atomic mass is 79.9. The highest BCUT2D eigenvalue weighted by molar-refractivity contribution is 9.10. The Morgan fingerprint density at radius 3 is 2.42 bits per heavy atom. The molecule has 4 amide bonds. The molecule has 2 aromatic carbocycles. The summed E-state index contributed by atoms with van der Waals surface area (Å²) in [6.07, 6.45) is 6.63. The molecule has 0 radical (unpaired) electrons. The molecule has 3 rings (SSSR count). The van der Waals surface area contributed by atoms with Gasteiger partial charge in [-0.25, -0.2) is 9.69 Å². The number of urea groups is 1. The zero-order chi connectivity index (χ0) is 22.7. The third-order valence-electron chi connectivity index (χ3n) is 4.43. The number of carbonyl (C=O) groups is 3. The first-order valence-corrected chi connectivity index (χ1v) is 9.98. The lowest BCUT2D eigenvalue weighted by atomic mass is 10.0. The summed E-state index contributed by atoms with van der Waals surface area (Å²) in [5.74, 6) is 1.63. The molecular weight excluding hydrogens is 464 g/mol. The van der Waals surface area contributed by atoms with Gasteiger partial charge in [0.05, 0.1) is 17.3 Å². The lowest BCUT2D eigenvalue weighted by molar-refractivity contribution is -0.122. The third-order valence-corrected chi connectivity index (χ3v) is 5.02. The van der Waals surface area contributed by atoms with Gasteiger partial charge in [-0.1, -0.05) is 12.0 Å². The van der Waals surface area contributed by atoms with Crippen LogP contribution in [0.1, 0.15) is 16.7 Å². The van der Waals surface area contributed by atoms with E-state index in [-0.39, 0.29) is 12.2 Å². The molecule has 2 aromatic rings. The summed E-state index contributed by atoms with van der Waals surface area (Å²) in [6.45, 7) is 3.76. The number of anilines is 1. The molecule has 1 aliphatic heterocycles. The van der Waals surface area contributed by atoms with Crippen LogP contribution >= 0.6 is 15.9 Å². The van der Waals surface area contributed by atoms with Crippen LogP contribution in [0.2, 0.25) is 0 Å². The Morgan fingerprint density at radius 1 is 1.13 bits per heavy atom. The van der Waals surface area contributed by atoms with Gasteiger partial charge in [-0.15, -0.1) is 6.42 Å². The number of hydrogen-bond acceptors (Lipinski definition) is 5. The normalized spacial score (nSPS) is 15.0. The van der Waals surface area contributed by atoms with E-state index in [1.807, 2.05) is 19.9 Å². The molecule has 0 unspecified atom stereocenters. The van der Waals surface area contributed by atoms with Crippen molar-refractivity contribution >= 4 is 45.5 Å². The van der Waals surface area contributed by atoms with E-state index >= 15 is 0 Å². The quantitative estimate of drug-likeness (QED) is 0.398. The number of methoxy groups -OCH3 is 1. The number of benzene rings is 2. The van der Waals surface area contributed by atoms with E-state index in [9.17, 15) is 14.4 Å². The first-order valence-electron chi connectivity index (χ1n) is 9.18. The second-order valence-electron chi connectivity index (χ2n) is 6.83. The summed E-state index contributed by atoms with van der Waals surface area (Å²) in [5.41, 5.74) is 2.45. The van der Waals surface area contributed by atoms with E-state index in [1.165, 1.54) is 13.2 Å². The van der Waals surface area contributed by atoms with Crippen molar-refractivity contribution in [1.29, 1.82) is 0 Å². The Labute approximate surface area is 188 Å². The highest BCUT2D eigenvalue weighted by Crippen LogP contribution is 2.37. The Kier molecular flexibility index (Phi) is 6.47. The van der Waals surface area contributed by atoms with Crippen LogP contribution < -0.4 is 19.7 Å². The maximum atomic E-state index is 13.1. The summed E-state index contributed by atoms with van der Waals surface area (Å²) >= 11 is 3.39. The van der Waals surface area contributed by atoms with Crippen molar-refractivity contribution in [3.05, 3.63) is 57.1 Å². The number of imide groups is 2. The van der Waals surface area contributed by atoms with Gasteiger partial charge in [-0.2, -0.15) is 0 Å². The number of ether oxygens (including phenoxy) is 2. The molecule has 0 spiro atoms. The molecule has 1 heterocycles. The standard InChI is InChI=1S/C23H19BrN2O5/c1-5-6-31-20-18(24)11-15(12-19(20)30-4)10-17-21(27)25-23(29)26(22(17)28)16-8-13(2)7-14(3)9-16/h1,7-12H,6H2,2-4H3,(H,25,27,29)/b17-10-. The van der Waals surface area contributed by atoms with Crippen molar-refractivity contribution in [2.45, 2.75) is 13.8 Å². The summed E-state index contributed by atoms with van der Waals surface area (Å²) in [5, 5.41) is 2.22. The van der Waals surface area contributed by atoms with E-state index in [1.54, 1.807) is 24.3 Å². The molecular formula is C23H19BrN2O5. The molecule has 1 saturated heterocycles. The largest absolute Gasteiger partial charge is 0.493 e. The maximum absolute atomic E-state index is 13.1. The summed E-state index contributed by atoms with van der Waals surface area (Å²) in [4.78, 5) is 38.9. The minimum absolute atomic E-state index is 0.0449. The molecule has 158 valence electrons. The van der Waals surface area contributed by atoms with E-state index < -0.39 is 17.8 Å². The topological polar surface area (TPSA) is 84.9 Å². The fourth-order valence-electron chi connectivity index (χ4n) is 3.22. The molecule has 1 fully saturated rings. The van der Waals surface area contributed by atoms with Crippen molar-refractivity contribution in [2.24, 2.45) is 0 Å².